The molecule has 6 nitrogen and oxygen atoms in total. The fraction of sp³-hybridized carbons (Fsp3) is 0.292. The molecule has 4 rings (SSSR count). The van der Waals surface area contributed by atoms with Gasteiger partial charge in [-0.05, 0) is 57.2 Å². The topological polar surface area (TPSA) is 64.7 Å². The summed E-state index contributed by atoms with van der Waals surface area (Å²) in [5.74, 6) is -0.131. The Kier molecular flexibility index (Phi) is 6.22. The second kappa shape index (κ2) is 8.92. The largest absolute Gasteiger partial charge is 0.318 e. The van der Waals surface area contributed by atoms with E-state index in [1.54, 1.807) is 0 Å². The average molecular weight is 468 g/mol. The van der Waals surface area contributed by atoms with E-state index in [4.69, 9.17) is 11.6 Å². The van der Waals surface area contributed by atoms with Crippen molar-refractivity contribution in [1.29, 1.82) is 0 Å². The molecule has 8 heteroatoms. The van der Waals surface area contributed by atoms with Crippen molar-refractivity contribution in [2.75, 3.05) is 5.32 Å². The van der Waals surface area contributed by atoms with Crippen molar-refractivity contribution in [3.05, 3.63) is 85.1 Å². The van der Waals surface area contributed by atoms with Crippen molar-refractivity contribution in [2.24, 2.45) is 0 Å². The average Bonchev–Trinajstić information content (AvgIpc) is 3.40. The molecule has 0 aliphatic carbocycles. The molecule has 1 N–H and O–H groups in total. The Balaban J connectivity index is 1.48. The van der Waals surface area contributed by atoms with Crippen molar-refractivity contribution in [2.45, 2.75) is 47.7 Å². The number of halogens is 1. The minimum atomic E-state index is -0.131. The van der Waals surface area contributed by atoms with Crippen LogP contribution in [0.1, 0.15) is 49.1 Å². The summed E-state index contributed by atoms with van der Waals surface area (Å²) in [6.07, 6.45) is 0. The van der Waals surface area contributed by atoms with E-state index in [1.165, 1.54) is 22.5 Å². The van der Waals surface area contributed by atoms with Crippen LogP contribution in [0.5, 0.6) is 0 Å². The number of anilines is 1. The maximum atomic E-state index is 12.9. The summed E-state index contributed by atoms with van der Waals surface area (Å²) >= 11 is 7.67. The lowest BCUT2D eigenvalue weighted by molar-refractivity contribution is 0.103. The van der Waals surface area contributed by atoms with E-state index in [1.807, 2.05) is 48.5 Å². The molecule has 1 amide bonds. The Hall–Kier alpha value is -2.90. The maximum Gasteiger partial charge on any atom is 0.265 e. The van der Waals surface area contributed by atoms with E-state index in [9.17, 15) is 4.79 Å². The third kappa shape index (κ3) is 4.49. The SMILES string of the molecule is Cc1ccc(Cn2nc(C)c(NC(=O)c3cc(Cn4nc(C)c(Cl)c4C)cs3)c2C)cc1. The first-order valence-corrected chi connectivity index (χ1v) is 11.7. The Morgan fingerprint density at radius 3 is 2.22 bits per heavy atom. The minimum absolute atomic E-state index is 0.131. The van der Waals surface area contributed by atoms with E-state index in [0.717, 1.165) is 34.0 Å². The fourth-order valence-corrected chi connectivity index (χ4v) is 4.59. The number of carbonyl (C=O) groups excluding carboxylic acids is 1. The summed E-state index contributed by atoms with van der Waals surface area (Å²) in [4.78, 5) is 13.6. The van der Waals surface area contributed by atoms with Gasteiger partial charge in [-0.1, -0.05) is 41.4 Å². The zero-order valence-electron chi connectivity index (χ0n) is 18.9. The van der Waals surface area contributed by atoms with Crippen molar-refractivity contribution < 1.29 is 4.79 Å². The number of benzene rings is 1. The van der Waals surface area contributed by atoms with Crippen molar-refractivity contribution in [1.82, 2.24) is 19.6 Å². The number of aromatic nitrogens is 4. The molecule has 0 spiro atoms. The molecule has 0 atom stereocenters. The van der Waals surface area contributed by atoms with Crippen LogP contribution in [0.4, 0.5) is 5.69 Å². The minimum Gasteiger partial charge on any atom is -0.318 e. The van der Waals surface area contributed by atoms with Crippen LogP contribution < -0.4 is 5.32 Å². The van der Waals surface area contributed by atoms with Crippen LogP contribution in [0.3, 0.4) is 0 Å². The van der Waals surface area contributed by atoms with Crippen LogP contribution in [-0.4, -0.2) is 25.5 Å². The number of nitrogens with one attached hydrogen (secondary N) is 1. The van der Waals surface area contributed by atoms with E-state index in [2.05, 4.69) is 46.7 Å². The van der Waals surface area contributed by atoms with Gasteiger partial charge in [0.05, 0.1) is 51.5 Å². The summed E-state index contributed by atoms with van der Waals surface area (Å²) in [7, 11) is 0. The fourth-order valence-electron chi connectivity index (χ4n) is 3.65. The number of rotatable bonds is 6. The molecule has 3 heterocycles. The number of amides is 1. The zero-order chi connectivity index (χ0) is 23.0. The van der Waals surface area contributed by atoms with Gasteiger partial charge in [-0.3, -0.25) is 14.2 Å². The number of hydrogen-bond donors (Lipinski definition) is 1. The molecule has 32 heavy (non-hydrogen) atoms. The third-order valence-corrected chi connectivity index (χ3v) is 7.10. The number of nitrogens with zero attached hydrogens (tertiary/aromatic N) is 4. The standard InChI is InChI=1S/C24H26ClN5OS/c1-14-6-8-19(9-7-14)11-30-18(5)23(16(3)28-30)26-24(31)21-10-20(13-32-21)12-29-17(4)22(25)15(2)27-29/h6-10,13H,11-12H2,1-5H3,(H,26,31). The van der Waals surface area contributed by atoms with Gasteiger partial charge >= 0.3 is 0 Å². The van der Waals surface area contributed by atoms with Crippen LogP contribution in [0.15, 0.2) is 35.7 Å². The van der Waals surface area contributed by atoms with Crippen molar-refractivity contribution >= 4 is 34.5 Å². The van der Waals surface area contributed by atoms with Crippen molar-refractivity contribution in [3.63, 3.8) is 0 Å². The van der Waals surface area contributed by atoms with Gasteiger partial charge in [-0.15, -0.1) is 11.3 Å². The molecule has 3 aromatic heterocycles. The first-order chi connectivity index (χ1) is 15.2. The van der Waals surface area contributed by atoms with E-state index in [0.29, 0.717) is 23.0 Å². The van der Waals surface area contributed by atoms with Crippen LogP contribution in [-0.2, 0) is 13.1 Å². The summed E-state index contributed by atoms with van der Waals surface area (Å²) < 4.78 is 3.80. The summed E-state index contributed by atoms with van der Waals surface area (Å²) in [6, 6.07) is 10.3. The second-order valence-electron chi connectivity index (χ2n) is 8.10. The van der Waals surface area contributed by atoms with Gasteiger partial charge in [0.25, 0.3) is 5.91 Å². The van der Waals surface area contributed by atoms with Gasteiger partial charge in [0, 0.05) is 0 Å². The molecule has 0 radical (unpaired) electrons. The van der Waals surface area contributed by atoms with Crippen molar-refractivity contribution in [3.8, 4) is 0 Å². The van der Waals surface area contributed by atoms with Gasteiger partial charge in [-0.2, -0.15) is 10.2 Å². The van der Waals surface area contributed by atoms with Crippen LogP contribution in [0.25, 0.3) is 0 Å². The first kappa shape index (κ1) is 22.3. The number of hydrogen-bond acceptors (Lipinski definition) is 4. The third-order valence-electron chi connectivity index (χ3n) is 5.58. The van der Waals surface area contributed by atoms with E-state index < -0.39 is 0 Å². The predicted molar refractivity (Wildman–Crippen MR) is 130 cm³/mol. The number of carbonyl (C=O) groups is 1. The van der Waals surface area contributed by atoms with E-state index >= 15 is 0 Å². The van der Waals surface area contributed by atoms with Crippen LogP contribution in [0, 0.1) is 34.6 Å². The summed E-state index contributed by atoms with van der Waals surface area (Å²) in [6.45, 7) is 11.1. The molecule has 0 saturated carbocycles. The Bertz CT molecular complexity index is 1280. The highest BCUT2D eigenvalue weighted by atomic mass is 35.5. The molecule has 0 bridgehead atoms. The van der Waals surface area contributed by atoms with E-state index in [-0.39, 0.29) is 5.91 Å². The monoisotopic (exact) mass is 467 g/mol. The molecule has 0 fully saturated rings. The summed E-state index contributed by atoms with van der Waals surface area (Å²) in [5, 5.41) is 14.8. The van der Waals surface area contributed by atoms with Gasteiger partial charge in [0.15, 0.2) is 0 Å². The van der Waals surface area contributed by atoms with Gasteiger partial charge in [-0.25, -0.2) is 0 Å². The number of thiophene rings is 1. The summed E-state index contributed by atoms with van der Waals surface area (Å²) in [5.41, 5.74) is 7.66. The molecule has 0 saturated heterocycles. The molecular formula is C24H26ClN5OS. The second-order valence-corrected chi connectivity index (χ2v) is 9.39. The molecule has 1 aromatic carbocycles. The Labute approximate surface area is 196 Å². The normalized spacial score (nSPS) is 11.2. The number of aryl methyl sites for hydroxylation is 3. The molecule has 4 aromatic rings. The highest BCUT2D eigenvalue weighted by Gasteiger charge is 2.17. The lowest BCUT2D eigenvalue weighted by Gasteiger charge is -2.07. The highest BCUT2D eigenvalue weighted by Crippen LogP contribution is 2.25. The Morgan fingerprint density at radius 1 is 0.938 bits per heavy atom. The lowest BCUT2D eigenvalue weighted by Crippen LogP contribution is -2.12. The Morgan fingerprint density at radius 2 is 1.56 bits per heavy atom. The molecule has 0 aliphatic heterocycles. The molecule has 0 unspecified atom stereocenters. The van der Waals surface area contributed by atoms with Gasteiger partial charge < -0.3 is 5.32 Å². The highest BCUT2D eigenvalue weighted by molar-refractivity contribution is 7.12. The first-order valence-electron chi connectivity index (χ1n) is 10.4. The lowest BCUT2D eigenvalue weighted by atomic mass is 10.1. The van der Waals surface area contributed by atoms with Crippen LogP contribution >= 0.6 is 22.9 Å². The smallest absolute Gasteiger partial charge is 0.265 e. The molecule has 0 aliphatic rings. The van der Waals surface area contributed by atoms with Crippen LogP contribution in [0.2, 0.25) is 5.02 Å². The quantitative estimate of drug-likeness (QED) is 0.396. The van der Waals surface area contributed by atoms with Gasteiger partial charge in [0.1, 0.15) is 0 Å². The predicted octanol–water partition coefficient (Wildman–Crippen LogP) is 5.69. The zero-order valence-corrected chi connectivity index (χ0v) is 20.4. The maximum absolute atomic E-state index is 12.9. The van der Waals surface area contributed by atoms with Gasteiger partial charge in [0.2, 0.25) is 0 Å². The molecule has 166 valence electrons. The molecular weight excluding hydrogens is 442 g/mol.